The van der Waals surface area contributed by atoms with Gasteiger partial charge in [-0.15, -0.1) is 6.58 Å². The number of rotatable bonds is 6. The number of aromatic carboxylic acids is 1. The minimum absolute atomic E-state index is 0.0737. The van der Waals surface area contributed by atoms with Crippen molar-refractivity contribution in [1.82, 2.24) is 0 Å². The van der Waals surface area contributed by atoms with Gasteiger partial charge in [-0.2, -0.15) is 0 Å². The van der Waals surface area contributed by atoms with Gasteiger partial charge in [0.25, 0.3) is 0 Å². The standard InChI is InChI=1S/C21H28O4/c1-11(2)5-7-14-17(25-4)10-16(19(20(14)22)21(23)24)18-13-8-6-12(3)9-15(13)18/h10,12-13,15,18,22H,1,5-9H2,2-4H3,(H,23,24). The highest BCUT2D eigenvalue weighted by atomic mass is 16.5. The Morgan fingerprint density at radius 3 is 2.64 bits per heavy atom. The smallest absolute Gasteiger partial charge is 0.339 e. The fourth-order valence-corrected chi connectivity index (χ4v) is 4.64. The van der Waals surface area contributed by atoms with Crippen LogP contribution in [0.25, 0.3) is 0 Å². The average molecular weight is 344 g/mol. The van der Waals surface area contributed by atoms with Crippen molar-refractivity contribution in [2.24, 2.45) is 17.8 Å². The number of methoxy groups -OCH3 is 1. The summed E-state index contributed by atoms with van der Waals surface area (Å²) in [4.78, 5) is 11.9. The van der Waals surface area contributed by atoms with E-state index in [0.29, 0.717) is 41.9 Å². The lowest BCUT2D eigenvalue weighted by Crippen LogP contribution is -2.07. The maximum atomic E-state index is 11.9. The maximum Gasteiger partial charge on any atom is 0.339 e. The van der Waals surface area contributed by atoms with Gasteiger partial charge in [0.1, 0.15) is 17.1 Å². The lowest BCUT2D eigenvalue weighted by molar-refractivity contribution is 0.0692. The summed E-state index contributed by atoms with van der Waals surface area (Å²) in [6, 6.07) is 1.87. The molecule has 2 aliphatic rings. The SMILES string of the molecule is C=C(C)CCc1c(OC)cc(C2C3CCC(C)CC32)c(C(=O)O)c1O. The largest absolute Gasteiger partial charge is 0.507 e. The van der Waals surface area contributed by atoms with E-state index in [1.807, 2.05) is 13.0 Å². The Morgan fingerprint density at radius 1 is 1.36 bits per heavy atom. The number of hydrogen-bond donors (Lipinski definition) is 2. The number of allylic oxidation sites excluding steroid dienone is 1. The van der Waals surface area contributed by atoms with Crippen LogP contribution in [0, 0.1) is 17.8 Å². The van der Waals surface area contributed by atoms with E-state index in [0.717, 1.165) is 24.0 Å². The van der Waals surface area contributed by atoms with Gasteiger partial charge >= 0.3 is 5.97 Å². The Balaban J connectivity index is 2.02. The molecular weight excluding hydrogens is 316 g/mol. The van der Waals surface area contributed by atoms with E-state index in [2.05, 4.69) is 13.5 Å². The summed E-state index contributed by atoms with van der Waals surface area (Å²) in [5, 5.41) is 20.5. The van der Waals surface area contributed by atoms with Gasteiger partial charge in [-0.1, -0.05) is 18.9 Å². The van der Waals surface area contributed by atoms with Crippen LogP contribution < -0.4 is 4.74 Å². The molecule has 0 spiro atoms. The molecule has 2 fully saturated rings. The van der Waals surface area contributed by atoms with E-state index in [4.69, 9.17) is 4.74 Å². The first-order valence-corrected chi connectivity index (χ1v) is 9.15. The third kappa shape index (κ3) is 3.26. The molecule has 2 N–H and O–H groups in total. The molecule has 4 nitrogen and oxygen atoms in total. The quantitative estimate of drug-likeness (QED) is 0.730. The number of carboxylic acids is 1. The van der Waals surface area contributed by atoms with Crippen LogP contribution in [0.4, 0.5) is 0 Å². The first-order chi connectivity index (χ1) is 11.8. The molecule has 2 saturated carbocycles. The molecule has 136 valence electrons. The normalized spacial score (nSPS) is 27.5. The molecule has 2 aliphatic carbocycles. The molecule has 0 bridgehead atoms. The number of ether oxygens (including phenoxy) is 1. The van der Waals surface area contributed by atoms with Gasteiger partial charge in [-0.25, -0.2) is 4.79 Å². The molecule has 0 radical (unpaired) electrons. The lowest BCUT2D eigenvalue weighted by Gasteiger charge is -2.17. The van der Waals surface area contributed by atoms with Crippen LogP contribution in [0.3, 0.4) is 0 Å². The summed E-state index contributed by atoms with van der Waals surface area (Å²) in [5.41, 5.74) is 2.39. The molecular formula is C21H28O4. The number of hydrogen-bond acceptors (Lipinski definition) is 3. The fraction of sp³-hybridized carbons (Fsp3) is 0.571. The van der Waals surface area contributed by atoms with Crippen LogP contribution in [-0.4, -0.2) is 23.3 Å². The van der Waals surface area contributed by atoms with E-state index < -0.39 is 5.97 Å². The minimum Gasteiger partial charge on any atom is -0.507 e. The number of carboxylic acid groups (broad SMARTS) is 1. The van der Waals surface area contributed by atoms with Crippen LogP contribution >= 0.6 is 0 Å². The third-order valence-electron chi connectivity index (χ3n) is 5.99. The van der Waals surface area contributed by atoms with E-state index in [1.165, 1.54) is 6.42 Å². The Hall–Kier alpha value is -1.97. The zero-order valence-electron chi connectivity index (χ0n) is 15.3. The maximum absolute atomic E-state index is 11.9. The molecule has 0 aliphatic heterocycles. The van der Waals surface area contributed by atoms with E-state index in [9.17, 15) is 15.0 Å². The molecule has 0 aromatic heterocycles. The van der Waals surface area contributed by atoms with Crippen LogP contribution in [-0.2, 0) is 6.42 Å². The van der Waals surface area contributed by atoms with Crippen molar-refractivity contribution in [1.29, 1.82) is 0 Å². The van der Waals surface area contributed by atoms with Crippen LogP contribution in [0.5, 0.6) is 11.5 Å². The number of benzene rings is 1. The molecule has 4 atom stereocenters. The van der Waals surface area contributed by atoms with Gasteiger partial charge in [-0.05, 0) is 67.9 Å². The number of aromatic hydroxyl groups is 1. The summed E-state index contributed by atoms with van der Waals surface area (Å²) in [6.07, 6.45) is 4.72. The van der Waals surface area contributed by atoms with E-state index >= 15 is 0 Å². The van der Waals surface area contributed by atoms with E-state index in [1.54, 1.807) is 7.11 Å². The van der Waals surface area contributed by atoms with E-state index in [-0.39, 0.29) is 17.2 Å². The molecule has 0 heterocycles. The van der Waals surface area contributed by atoms with Crippen molar-refractivity contribution >= 4 is 5.97 Å². The summed E-state index contributed by atoms with van der Waals surface area (Å²) in [5.74, 6) is 1.46. The highest BCUT2D eigenvalue weighted by Gasteiger charge is 2.54. The van der Waals surface area contributed by atoms with Gasteiger partial charge in [-0.3, -0.25) is 0 Å². The average Bonchev–Trinajstić information content (AvgIpc) is 3.24. The molecule has 0 saturated heterocycles. The van der Waals surface area contributed by atoms with Crippen molar-refractivity contribution in [2.45, 2.75) is 51.9 Å². The highest BCUT2D eigenvalue weighted by molar-refractivity contribution is 5.94. The Kier molecular flexibility index (Phi) is 4.81. The van der Waals surface area contributed by atoms with Crippen molar-refractivity contribution < 1.29 is 19.7 Å². The number of phenols is 1. The molecule has 4 heteroatoms. The fourth-order valence-electron chi connectivity index (χ4n) is 4.64. The zero-order valence-corrected chi connectivity index (χ0v) is 15.3. The second-order valence-corrected chi connectivity index (χ2v) is 7.90. The summed E-state index contributed by atoms with van der Waals surface area (Å²) in [6.45, 7) is 8.07. The molecule has 1 aromatic rings. The summed E-state index contributed by atoms with van der Waals surface area (Å²) in [7, 11) is 1.57. The van der Waals surface area contributed by atoms with Crippen LogP contribution in [0.1, 0.15) is 66.9 Å². The minimum atomic E-state index is -1.05. The van der Waals surface area contributed by atoms with Crippen molar-refractivity contribution in [3.05, 3.63) is 34.9 Å². The van der Waals surface area contributed by atoms with Gasteiger partial charge in [0.05, 0.1) is 7.11 Å². The Morgan fingerprint density at radius 2 is 2.08 bits per heavy atom. The van der Waals surface area contributed by atoms with Crippen molar-refractivity contribution in [3.63, 3.8) is 0 Å². The summed E-state index contributed by atoms with van der Waals surface area (Å²) < 4.78 is 5.50. The Labute approximate surface area is 149 Å². The molecule has 4 unspecified atom stereocenters. The van der Waals surface area contributed by atoms with Gasteiger partial charge in [0, 0.05) is 5.56 Å². The van der Waals surface area contributed by atoms with Gasteiger partial charge in [0.15, 0.2) is 0 Å². The Bertz CT molecular complexity index is 706. The monoisotopic (exact) mass is 344 g/mol. The summed E-state index contributed by atoms with van der Waals surface area (Å²) >= 11 is 0. The number of carbonyl (C=O) groups is 1. The topological polar surface area (TPSA) is 66.8 Å². The van der Waals surface area contributed by atoms with Crippen molar-refractivity contribution in [2.75, 3.05) is 7.11 Å². The number of fused-ring (bicyclic) bond motifs is 1. The van der Waals surface area contributed by atoms with Crippen LogP contribution in [0.15, 0.2) is 18.2 Å². The van der Waals surface area contributed by atoms with Crippen molar-refractivity contribution in [3.8, 4) is 11.5 Å². The third-order valence-corrected chi connectivity index (χ3v) is 5.99. The first-order valence-electron chi connectivity index (χ1n) is 9.15. The second-order valence-electron chi connectivity index (χ2n) is 7.90. The molecule has 25 heavy (non-hydrogen) atoms. The van der Waals surface area contributed by atoms with Crippen LogP contribution in [0.2, 0.25) is 0 Å². The van der Waals surface area contributed by atoms with Gasteiger partial charge < -0.3 is 14.9 Å². The predicted molar refractivity (Wildman–Crippen MR) is 97.5 cm³/mol. The first kappa shape index (κ1) is 17.8. The lowest BCUT2D eigenvalue weighted by atomic mass is 9.91. The highest BCUT2D eigenvalue weighted by Crippen LogP contribution is 2.63. The molecule has 0 amide bonds. The molecule has 1 aromatic carbocycles. The molecule has 3 rings (SSSR count). The van der Waals surface area contributed by atoms with Gasteiger partial charge in [0.2, 0.25) is 0 Å². The second kappa shape index (κ2) is 6.74. The predicted octanol–water partition coefficient (Wildman–Crippen LogP) is 4.76. The zero-order chi connectivity index (χ0) is 18.3.